The molecule has 2 rings (SSSR count). The number of Topliss-reactive ketones (excluding diaryl/α,β-unsaturated/α-hetero) is 1. The summed E-state index contributed by atoms with van der Waals surface area (Å²) in [6.45, 7) is 0. The molecule has 5 heteroatoms. The van der Waals surface area contributed by atoms with Crippen LogP contribution in [0, 0.1) is 0 Å². The van der Waals surface area contributed by atoms with Crippen molar-refractivity contribution in [2.24, 2.45) is 0 Å². The van der Waals surface area contributed by atoms with Gasteiger partial charge in [0.05, 0.1) is 6.16 Å². The van der Waals surface area contributed by atoms with Gasteiger partial charge in [-0.3, -0.25) is 4.79 Å². The van der Waals surface area contributed by atoms with Crippen LogP contribution in [-0.2, 0) is 11.2 Å². The highest BCUT2D eigenvalue weighted by Gasteiger charge is 2.07. The fourth-order valence-electron chi connectivity index (χ4n) is 2.24. The first-order chi connectivity index (χ1) is 11.1. The number of carbonyl (C=O) groups is 1. The van der Waals surface area contributed by atoms with E-state index >= 15 is 0 Å². The number of hydrogen-bond acceptors (Lipinski definition) is 4. The molecule has 0 aromatic heterocycles. The summed E-state index contributed by atoms with van der Waals surface area (Å²) in [6, 6.07) is 17.6. The monoisotopic (exact) mass is 332 g/mol. The van der Waals surface area contributed by atoms with Gasteiger partial charge in [-0.15, -0.1) is 0 Å². The number of hydrogen-bond donors (Lipinski definition) is 2. The van der Waals surface area contributed by atoms with Crippen molar-refractivity contribution in [3.63, 3.8) is 0 Å². The molecule has 0 fully saturated rings. The van der Waals surface area contributed by atoms with E-state index in [1.165, 1.54) is 5.56 Å². The van der Waals surface area contributed by atoms with E-state index in [1.807, 2.05) is 54.6 Å². The number of ketones is 1. The lowest BCUT2D eigenvalue weighted by atomic mass is 10.1. The van der Waals surface area contributed by atoms with Gasteiger partial charge in [0.1, 0.15) is 17.3 Å². The van der Waals surface area contributed by atoms with E-state index in [-0.39, 0.29) is 11.9 Å². The fourth-order valence-corrected chi connectivity index (χ4v) is 2.71. The first-order valence-electron chi connectivity index (χ1n) is 7.62. The average Bonchev–Trinajstić information content (AvgIpc) is 2.53. The second kappa shape index (κ2) is 9.41. The molecule has 0 aliphatic heterocycles. The molecule has 0 unspecified atom stereocenters. The van der Waals surface area contributed by atoms with E-state index in [0.29, 0.717) is 6.42 Å². The third-order valence-corrected chi connectivity index (χ3v) is 4.03. The van der Waals surface area contributed by atoms with Gasteiger partial charge in [-0.05, 0) is 49.1 Å². The minimum atomic E-state index is -2.09. The van der Waals surface area contributed by atoms with Crippen molar-refractivity contribution in [2.45, 2.75) is 25.7 Å². The second-order valence-electron chi connectivity index (χ2n) is 5.34. The zero-order valence-electron chi connectivity index (χ0n) is 12.9. The molecular weight excluding hydrogens is 311 g/mol. The molecule has 0 saturated heterocycles. The molecule has 0 atom stereocenters. The molecule has 4 nitrogen and oxygen atoms in total. The molecular formula is C18H21O4P. The van der Waals surface area contributed by atoms with E-state index in [0.717, 1.165) is 30.8 Å². The molecule has 0 amide bonds. The highest BCUT2D eigenvalue weighted by atomic mass is 31.2. The molecule has 2 aromatic rings. The van der Waals surface area contributed by atoms with Crippen LogP contribution in [0.4, 0.5) is 0 Å². The minimum Gasteiger partial charge on any atom is -0.457 e. The van der Waals surface area contributed by atoms with Gasteiger partial charge < -0.3 is 14.5 Å². The number of unbranched alkanes of at least 4 members (excludes halogenated alkanes) is 1. The smallest absolute Gasteiger partial charge is 0.172 e. The van der Waals surface area contributed by atoms with Crippen LogP contribution in [0.5, 0.6) is 11.5 Å². The summed E-state index contributed by atoms with van der Waals surface area (Å²) in [7, 11) is -2.09. The van der Waals surface area contributed by atoms with E-state index in [9.17, 15) is 4.79 Å². The van der Waals surface area contributed by atoms with Gasteiger partial charge in [0, 0.05) is 6.42 Å². The Kier molecular flexibility index (Phi) is 7.21. The highest BCUT2D eigenvalue weighted by molar-refractivity contribution is 7.46. The summed E-state index contributed by atoms with van der Waals surface area (Å²) in [5.74, 6) is 1.54. The molecule has 0 aliphatic rings. The summed E-state index contributed by atoms with van der Waals surface area (Å²) in [4.78, 5) is 28.9. The van der Waals surface area contributed by atoms with Gasteiger partial charge in [-0.25, -0.2) is 0 Å². The number of para-hydroxylation sites is 1. The molecule has 122 valence electrons. The van der Waals surface area contributed by atoms with Crippen molar-refractivity contribution in [3.8, 4) is 11.5 Å². The number of aryl methyl sites for hydroxylation is 1. The molecule has 23 heavy (non-hydrogen) atoms. The summed E-state index contributed by atoms with van der Waals surface area (Å²) in [6.07, 6.45) is 2.87. The Morgan fingerprint density at radius 1 is 0.913 bits per heavy atom. The average molecular weight is 332 g/mol. The number of rotatable bonds is 9. The van der Waals surface area contributed by atoms with Gasteiger partial charge in [-0.1, -0.05) is 30.3 Å². The predicted molar refractivity (Wildman–Crippen MR) is 91.7 cm³/mol. The highest BCUT2D eigenvalue weighted by Crippen LogP contribution is 2.24. The van der Waals surface area contributed by atoms with Gasteiger partial charge in [0.15, 0.2) is 8.38 Å². The van der Waals surface area contributed by atoms with Gasteiger partial charge in [0.25, 0.3) is 0 Å². The number of benzene rings is 2. The third kappa shape index (κ3) is 6.91. The first-order valence-corrected chi connectivity index (χ1v) is 9.05. The van der Waals surface area contributed by atoms with Crippen molar-refractivity contribution >= 4 is 14.2 Å². The van der Waals surface area contributed by atoms with Gasteiger partial charge in [0.2, 0.25) is 0 Å². The molecule has 0 spiro atoms. The SMILES string of the molecule is O=C(CCCCc1ccc(Oc2ccccc2)cc1)CP(O)O. The van der Waals surface area contributed by atoms with Gasteiger partial charge in [-0.2, -0.15) is 0 Å². The molecule has 2 N–H and O–H groups in total. The van der Waals surface area contributed by atoms with Crippen molar-refractivity contribution < 1.29 is 19.3 Å². The summed E-state index contributed by atoms with van der Waals surface area (Å²) < 4.78 is 5.74. The van der Waals surface area contributed by atoms with Crippen LogP contribution >= 0.6 is 8.38 Å². The second-order valence-corrected chi connectivity index (χ2v) is 6.40. The molecule has 0 aliphatic carbocycles. The maximum Gasteiger partial charge on any atom is 0.172 e. The van der Waals surface area contributed by atoms with Crippen LogP contribution in [-0.4, -0.2) is 21.7 Å². The molecule has 0 heterocycles. The van der Waals surface area contributed by atoms with Gasteiger partial charge >= 0.3 is 0 Å². The van der Waals surface area contributed by atoms with Crippen LogP contribution in [0.15, 0.2) is 54.6 Å². The van der Waals surface area contributed by atoms with Crippen LogP contribution in [0.25, 0.3) is 0 Å². The van der Waals surface area contributed by atoms with Crippen LogP contribution < -0.4 is 4.74 Å². The lowest BCUT2D eigenvalue weighted by Crippen LogP contribution is -2.02. The Morgan fingerprint density at radius 2 is 1.57 bits per heavy atom. The molecule has 0 saturated carbocycles. The fraction of sp³-hybridized carbons (Fsp3) is 0.278. The summed E-state index contributed by atoms with van der Waals surface area (Å²) >= 11 is 0. The van der Waals surface area contributed by atoms with E-state index in [4.69, 9.17) is 14.5 Å². The lowest BCUT2D eigenvalue weighted by molar-refractivity contribution is -0.116. The Balaban J connectivity index is 1.72. The maximum atomic E-state index is 11.4. The number of ether oxygens (including phenoxy) is 1. The maximum absolute atomic E-state index is 11.4. The van der Waals surface area contributed by atoms with Crippen LogP contribution in [0.3, 0.4) is 0 Å². The standard InChI is InChI=1S/C18H21O4P/c19-16(14-23(20)21)7-5-4-6-15-10-12-18(13-11-15)22-17-8-2-1-3-9-17/h1-3,8-13,20-21H,4-7,14H2. The summed E-state index contributed by atoms with van der Waals surface area (Å²) in [5, 5.41) is 0. The van der Waals surface area contributed by atoms with E-state index < -0.39 is 8.38 Å². The summed E-state index contributed by atoms with van der Waals surface area (Å²) in [5.41, 5.74) is 1.20. The molecule has 0 radical (unpaired) electrons. The van der Waals surface area contributed by atoms with Crippen molar-refractivity contribution in [3.05, 3.63) is 60.2 Å². The zero-order chi connectivity index (χ0) is 16.5. The van der Waals surface area contributed by atoms with Crippen LogP contribution in [0.1, 0.15) is 24.8 Å². The van der Waals surface area contributed by atoms with E-state index in [2.05, 4.69) is 0 Å². The largest absolute Gasteiger partial charge is 0.457 e. The van der Waals surface area contributed by atoms with E-state index in [1.54, 1.807) is 0 Å². The topological polar surface area (TPSA) is 66.8 Å². The minimum absolute atomic E-state index is 0.0762. The molecule has 2 aromatic carbocycles. The quantitative estimate of drug-likeness (QED) is 0.537. The Bertz CT molecular complexity index is 596. The third-order valence-electron chi connectivity index (χ3n) is 3.39. The zero-order valence-corrected chi connectivity index (χ0v) is 13.8. The Morgan fingerprint density at radius 3 is 2.22 bits per heavy atom. The van der Waals surface area contributed by atoms with Crippen molar-refractivity contribution in [2.75, 3.05) is 6.16 Å². The van der Waals surface area contributed by atoms with Crippen molar-refractivity contribution in [1.82, 2.24) is 0 Å². The Hall–Kier alpha value is -1.74. The number of carbonyl (C=O) groups excluding carboxylic acids is 1. The normalized spacial score (nSPS) is 10.7. The Labute approximate surface area is 137 Å². The predicted octanol–water partition coefficient (Wildman–Crippen LogP) is 4.06. The first kappa shape index (κ1) is 17.6. The van der Waals surface area contributed by atoms with Crippen molar-refractivity contribution in [1.29, 1.82) is 0 Å². The van der Waals surface area contributed by atoms with Crippen LogP contribution in [0.2, 0.25) is 0 Å². The lowest BCUT2D eigenvalue weighted by Gasteiger charge is -2.07. The molecule has 0 bridgehead atoms.